The van der Waals surface area contributed by atoms with Crippen LogP contribution in [0.15, 0.2) is 24.3 Å². The first-order valence-corrected chi connectivity index (χ1v) is 5.94. The molecule has 0 saturated heterocycles. The minimum atomic E-state index is -4.74. The Hall–Kier alpha value is -1.23. The zero-order valence-electron chi connectivity index (χ0n) is 10.00. The number of aliphatic hydroxyl groups is 1. The van der Waals surface area contributed by atoms with Gasteiger partial charge in [0.05, 0.1) is 5.60 Å². The highest BCUT2D eigenvalue weighted by molar-refractivity contribution is 5.39. The van der Waals surface area contributed by atoms with Crippen LogP contribution in [0.1, 0.15) is 31.7 Å². The summed E-state index contributed by atoms with van der Waals surface area (Å²) in [6, 6.07) is 5.82. The van der Waals surface area contributed by atoms with E-state index in [0.717, 1.165) is 12.8 Å². The van der Waals surface area contributed by atoms with Crippen LogP contribution in [0.3, 0.4) is 0 Å². The van der Waals surface area contributed by atoms with Gasteiger partial charge in [0, 0.05) is 5.56 Å². The highest BCUT2D eigenvalue weighted by atomic mass is 19.4. The fourth-order valence-corrected chi connectivity index (χ4v) is 2.30. The van der Waals surface area contributed by atoms with Gasteiger partial charge in [-0.15, -0.1) is 13.2 Å². The Morgan fingerprint density at radius 2 is 1.89 bits per heavy atom. The van der Waals surface area contributed by atoms with Crippen molar-refractivity contribution in [2.45, 2.75) is 38.1 Å². The lowest BCUT2D eigenvalue weighted by Crippen LogP contribution is -2.29. The van der Waals surface area contributed by atoms with E-state index in [1.807, 2.05) is 0 Å². The molecule has 0 radical (unpaired) electrons. The quantitative estimate of drug-likeness (QED) is 0.896. The van der Waals surface area contributed by atoms with Crippen LogP contribution < -0.4 is 4.74 Å². The van der Waals surface area contributed by atoms with Crippen LogP contribution >= 0.6 is 0 Å². The number of rotatable bonds is 4. The Bertz CT molecular complexity index is 426. The normalized spacial score (nSPS) is 19.4. The van der Waals surface area contributed by atoms with Gasteiger partial charge >= 0.3 is 6.36 Å². The molecule has 1 aliphatic rings. The van der Waals surface area contributed by atoms with Crippen LogP contribution in [0.2, 0.25) is 0 Å². The lowest BCUT2D eigenvalue weighted by molar-refractivity contribution is -0.275. The molecule has 5 heteroatoms. The van der Waals surface area contributed by atoms with E-state index in [0.29, 0.717) is 6.42 Å². The molecule has 0 spiro atoms. The highest BCUT2D eigenvalue weighted by Gasteiger charge is 2.46. The number of ether oxygens (including phenoxy) is 1. The van der Waals surface area contributed by atoms with Gasteiger partial charge in [0.2, 0.25) is 0 Å². The van der Waals surface area contributed by atoms with Gasteiger partial charge in [0.1, 0.15) is 5.75 Å². The largest absolute Gasteiger partial charge is 0.573 e. The molecule has 0 bridgehead atoms. The molecule has 100 valence electrons. The predicted octanol–water partition coefficient (Wildman–Crippen LogP) is 3.59. The van der Waals surface area contributed by atoms with Gasteiger partial charge in [-0.1, -0.05) is 25.1 Å². The van der Waals surface area contributed by atoms with Crippen LogP contribution in [0, 0.1) is 5.92 Å². The Labute approximate surface area is 103 Å². The van der Waals surface area contributed by atoms with Crippen molar-refractivity contribution in [2.24, 2.45) is 5.92 Å². The second-order valence-electron chi connectivity index (χ2n) is 4.60. The lowest BCUT2D eigenvalue weighted by Gasteiger charge is -2.29. The molecule has 0 aromatic heterocycles. The maximum absolute atomic E-state index is 12.3. The number of halogens is 3. The summed E-state index contributed by atoms with van der Waals surface area (Å²) in [5.41, 5.74) is -0.991. The molecule has 0 amide bonds. The number of hydrogen-bond donors (Lipinski definition) is 1. The molecule has 1 atom stereocenters. The molecule has 1 fully saturated rings. The topological polar surface area (TPSA) is 29.5 Å². The summed E-state index contributed by atoms with van der Waals surface area (Å²) >= 11 is 0. The third-order valence-electron chi connectivity index (χ3n) is 3.37. The van der Waals surface area contributed by atoms with Gasteiger partial charge in [-0.3, -0.25) is 0 Å². The summed E-state index contributed by atoms with van der Waals surface area (Å²) in [7, 11) is 0. The molecule has 1 aromatic rings. The van der Waals surface area contributed by atoms with E-state index in [1.165, 1.54) is 18.2 Å². The van der Waals surface area contributed by atoms with E-state index in [-0.39, 0.29) is 17.2 Å². The van der Waals surface area contributed by atoms with Gasteiger partial charge in [0.15, 0.2) is 0 Å². The van der Waals surface area contributed by atoms with E-state index in [1.54, 1.807) is 13.0 Å². The van der Waals surface area contributed by atoms with E-state index in [4.69, 9.17) is 0 Å². The smallest absolute Gasteiger partial charge is 0.405 e. The van der Waals surface area contributed by atoms with E-state index in [9.17, 15) is 18.3 Å². The van der Waals surface area contributed by atoms with Gasteiger partial charge < -0.3 is 9.84 Å². The second kappa shape index (κ2) is 4.46. The lowest BCUT2D eigenvalue weighted by atomic mass is 9.86. The molecular formula is C13H15F3O2. The zero-order chi connectivity index (χ0) is 13.4. The monoisotopic (exact) mass is 260 g/mol. The SMILES string of the molecule is CCC(O)(c1ccccc1OC(F)(F)F)C1CC1. The average molecular weight is 260 g/mol. The fraction of sp³-hybridized carbons (Fsp3) is 0.538. The average Bonchev–Trinajstić information content (AvgIpc) is 3.10. The number of para-hydroxylation sites is 1. The van der Waals surface area contributed by atoms with Crippen LogP contribution in [-0.2, 0) is 5.60 Å². The van der Waals surface area contributed by atoms with Gasteiger partial charge in [-0.25, -0.2) is 0 Å². The van der Waals surface area contributed by atoms with Crippen molar-refractivity contribution < 1.29 is 23.0 Å². The molecule has 18 heavy (non-hydrogen) atoms. The Morgan fingerprint density at radius 3 is 2.39 bits per heavy atom. The minimum Gasteiger partial charge on any atom is -0.405 e. The molecular weight excluding hydrogens is 245 g/mol. The Kier molecular flexibility index (Phi) is 3.27. The maximum Gasteiger partial charge on any atom is 0.573 e. The van der Waals surface area contributed by atoms with E-state index in [2.05, 4.69) is 4.74 Å². The molecule has 1 aromatic carbocycles. The van der Waals surface area contributed by atoms with Crippen molar-refractivity contribution in [1.29, 1.82) is 0 Å². The Morgan fingerprint density at radius 1 is 1.28 bits per heavy atom. The van der Waals surface area contributed by atoms with Gasteiger partial charge in [-0.2, -0.15) is 0 Å². The second-order valence-corrected chi connectivity index (χ2v) is 4.60. The van der Waals surface area contributed by atoms with Gasteiger partial charge in [-0.05, 0) is 31.2 Å². The van der Waals surface area contributed by atoms with Crippen molar-refractivity contribution in [3.05, 3.63) is 29.8 Å². The molecule has 1 N–H and O–H groups in total. The van der Waals surface area contributed by atoms with Crippen molar-refractivity contribution in [3.63, 3.8) is 0 Å². The molecule has 2 nitrogen and oxygen atoms in total. The predicted molar refractivity (Wildman–Crippen MR) is 60.0 cm³/mol. The summed E-state index contributed by atoms with van der Waals surface area (Å²) in [6.07, 6.45) is -2.69. The molecule has 2 rings (SSSR count). The van der Waals surface area contributed by atoms with E-state index < -0.39 is 12.0 Å². The highest BCUT2D eigenvalue weighted by Crippen LogP contribution is 2.50. The number of alkyl halides is 3. The van der Waals surface area contributed by atoms with Crippen LogP contribution in [0.25, 0.3) is 0 Å². The Balaban J connectivity index is 2.37. The third kappa shape index (κ3) is 2.61. The van der Waals surface area contributed by atoms with Crippen molar-refractivity contribution in [3.8, 4) is 5.75 Å². The summed E-state index contributed by atoms with van der Waals surface area (Å²) in [4.78, 5) is 0. The number of benzene rings is 1. The van der Waals surface area contributed by atoms with Crippen molar-refractivity contribution >= 4 is 0 Å². The van der Waals surface area contributed by atoms with Crippen molar-refractivity contribution in [1.82, 2.24) is 0 Å². The third-order valence-corrected chi connectivity index (χ3v) is 3.37. The molecule has 1 saturated carbocycles. The van der Waals surface area contributed by atoms with Crippen molar-refractivity contribution in [2.75, 3.05) is 0 Å². The summed E-state index contributed by atoms with van der Waals surface area (Å²) in [6.45, 7) is 1.77. The van der Waals surface area contributed by atoms with Gasteiger partial charge in [0.25, 0.3) is 0 Å². The number of hydrogen-bond acceptors (Lipinski definition) is 2. The fourth-order valence-electron chi connectivity index (χ4n) is 2.30. The van der Waals surface area contributed by atoms with E-state index >= 15 is 0 Å². The standard InChI is InChI=1S/C13H15F3O2/c1-2-12(17,9-7-8-9)10-5-3-4-6-11(10)18-13(14,15)16/h3-6,9,17H,2,7-8H2,1H3. The first kappa shape index (κ1) is 13.2. The first-order chi connectivity index (χ1) is 8.37. The molecule has 0 heterocycles. The van der Waals surface area contributed by atoms with Crippen LogP contribution in [-0.4, -0.2) is 11.5 Å². The minimum absolute atomic E-state index is 0.0282. The zero-order valence-corrected chi connectivity index (χ0v) is 10.00. The summed E-state index contributed by atoms with van der Waals surface area (Å²) < 4.78 is 41.0. The van der Waals surface area contributed by atoms with Crippen LogP contribution in [0.5, 0.6) is 5.75 Å². The summed E-state index contributed by atoms with van der Waals surface area (Å²) in [5.74, 6) is -0.276. The first-order valence-electron chi connectivity index (χ1n) is 5.94. The molecule has 0 aliphatic heterocycles. The summed E-state index contributed by atoms with van der Waals surface area (Å²) in [5, 5.41) is 10.6. The molecule has 1 aliphatic carbocycles. The van der Waals surface area contributed by atoms with Crippen LogP contribution in [0.4, 0.5) is 13.2 Å². The molecule has 1 unspecified atom stereocenters. The maximum atomic E-state index is 12.3.